The SMILES string of the molecule is Cc1ccccc1NC(=O)NC(=O)CSc1nc2ccccc2c(=O)n1-c1ccccc1. The van der Waals surface area contributed by atoms with Crippen LogP contribution >= 0.6 is 11.8 Å². The van der Waals surface area contributed by atoms with Crippen molar-refractivity contribution < 1.29 is 9.59 Å². The lowest BCUT2D eigenvalue weighted by molar-refractivity contribution is -0.117. The first kappa shape index (κ1) is 21.3. The third kappa shape index (κ3) is 4.70. The molecule has 0 radical (unpaired) electrons. The molecule has 0 fully saturated rings. The van der Waals surface area contributed by atoms with E-state index < -0.39 is 11.9 Å². The van der Waals surface area contributed by atoms with Crippen LogP contribution in [0.15, 0.2) is 88.8 Å². The molecule has 0 aliphatic carbocycles. The van der Waals surface area contributed by atoms with Gasteiger partial charge in [-0.25, -0.2) is 9.78 Å². The number of para-hydroxylation sites is 3. The first-order valence-corrected chi connectivity index (χ1v) is 10.9. The molecule has 0 aliphatic rings. The van der Waals surface area contributed by atoms with Crippen molar-refractivity contribution in [1.29, 1.82) is 0 Å². The Morgan fingerprint density at radius 1 is 0.938 bits per heavy atom. The highest BCUT2D eigenvalue weighted by atomic mass is 32.2. The van der Waals surface area contributed by atoms with Gasteiger partial charge in [-0.1, -0.05) is 60.3 Å². The fourth-order valence-corrected chi connectivity index (χ4v) is 3.99. The Balaban J connectivity index is 1.54. The summed E-state index contributed by atoms with van der Waals surface area (Å²) in [4.78, 5) is 42.3. The Kier molecular flexibility index (Phi) is 6.32. The van der Waals surface area contributed by atoms with E-state index in [1.165, 1.54) is 4.57 Å². The number of nitrogens with one attached hydrogen (secondary N) is 2. The van der Waals surface area contributed by atoms with Gasteiger partial charge >= 0.3 is 6.03 Å². The number of anilines is 1. The second kappa shape index (κ2) is 9.49. The number of carbonyl (C=O) groups is 2. The monoisotopic (exact) mass is 444 g/mol. The first-order chi connectivity index (χ1) is 15.5. The molecule has 4 aromatic rings. The summed E-state index contributed by atoms with van der Waals surface area (Å²) in [5.41, 5.74) is 2.49. The number of amides is 3. The molecule has 0 aliphatic heterocycles. The zero-order chi connectivity index (χ0) is 22.5. The van der Waals surface area contributed by atoms with Gasteiger partial charge in [-0.3, -0.25) is 19.5 Å². The van der Waals surface area contributed by atoms with Crippen LogP contribution in [-0.4, -0.2) is 27.2 Å². The summed E-state index contributed by atoms with van der Waals surface area (Å²) in [6, 6.07) is 22.9. The molecule has 8 heteroatoms. The fourth-order valence-electron chi connectivity index (χ4n) is 3.17. The molecule has 7 nitrogen and oxygen atoms in total. The van der Waals surface area contributed by atoms with Gasteiger partial charge in [0.05, 0.1) is 22.3 Å². The molecule has 3 aromatic carbocycles. The van der Waals surface area contributed by atoms with Crippen LogP contribution in [0.4, 0.5) is 10.5 Å². The van der Waals surface area contributed by atoms with Crippen LogP contribution in [0.1, 0.15) is 5.56 Å². The van der Waals surface area contributed by atoms with E-state index in [1.807, 2.05) is 37.3 Å². The van der Waals surface area contributed by atoms with Crippen molar-refractivity contribution in [3.63, 3.8) is 0 Å². The quantitative estimate of drug-likeness (QED) is 0.357. The minimum atomic E-state index is -0.614. The number of hydrogen-bond acceptors (Lipinski definition) is 5. The number of fused-ring (bicyclic) bond motifs is 1. The maximum absolute atomic E-state index is 13.2. The molecule has 1 aromatic heterocycles. The highest BCUT2D eigenvalue weighted by Crippen LogP contribution is 2.21. The molecule has 0 saturated carbocycles. The zero-order valence-electron chi connectivity index (χ0n) is 17.2. The minimum Gasteiger partial charge on any atom is -0.307 e. The van der Waals surface area contributed by atoms with E-state index in [2.05, 4.69) is 15.6 Å². The summed E-state index contributed by atoms with van der Waals surface area (Å²) in [5.74, 6) is -0.582. The van der Waals surface area contributed by atoms with E-state index in [-0.39, 0.29) is 11.3 Å². The van der Waals surface area contributed by atoms with E-state index in [9.17, 15) is 14.4 Å². The molecule has 0 saturated heterocycles. The molecule has 160 valence electrons. The van der Waals surface area contributed by atoms with Gasteiger partial charge in [0.25, 0.3) is 5.56 Å². The number of hydrogen-bond donors (Lipinski definition) is 2. The molecule has 0 atom stereocenters. The van der Waals surface area contributed by atoms with Gasteiger partial charge in [-0.15, -0.1) is 0 Å². The molecule has 1 heterocycles. The lowest BCUT2D eigenvalue weighted by atomic mass is 10.2. The van der Waals surface area contributed by atoms with E-state index in [1.54, 1.807) is 48.5 Å². The van der Waals surface area contributed by atoms with Crippen LogP contribution < -0.4 is 16.2 Å². The third-order valence-corrected chi connectivity index (χ3v) is 5.68. The van der Waals surface area contributed by atoms with Crippen molar-refractivity contribution >= 4 is 40.3 Å². The summed E-state index contributed by atoms with van der Waals surface area (Å²) in [6.45, 7) is 1.86. The van der Waals surface area contributed by atoms with Gasteiger partial charge in [0.15, 0.2) is 5.16 Å². The lowest BCUT2D eigenvalue weighted by Crippen LogP contribution is -2.35. The van der Waals surface area contributed by atoms with E-state index >= 15 is 0 Å². The van der Waals surface area contributed by atoms with Gasteiger partial charge in [0.1, 0.15) is 0 Å². The highest BCUT2D eigenvalue weighted by Gasteiger charge is 2.16. The molecule has 0 unspecified atom stereocenters. The third-order valence-electron chi connectivity index (χ3n) is 4.74. The lowest BCUT2D eigenvalue weighted by Gasteiger charge is -2.13. The molecule has 2 N–H and O–H groups in total. The summed E-state index contributed by atoms with van der Waals surface area (Å²) in [7, 11) is 0. The summed E-state index contributed by atoms with van der Waals surface area (Å²) >= 11 is 1.09. The second-order valence-corrected chi connectivity index (χ2v) is 7.94. The Bertz CT molecular complexity index is 1350. The summed E-state index contributed by atoms with van der Waals surface area (Å²) in [5, 5.41) is 5.83. The van der Waals surface area contributed by atoms with Crippen LogP contribution in [0.25, 0.3) is 16.6 Å². The van der Waals surface area contributed by atoms with Crippen LogP contribution in [-0.2, 0) is 4.79 Å². The number of aromatic nitrogens is 2. The maximum Gasteiger partial charge on any atom is 0.325 e. The van der Waals surface area contributed by atoms with Crippen molar-refractivity contribution in [3.8, 4) is 5.69 Å². The molecular formula is C24H20N4O3S. The van der Waals surface area contributed by atoms with E-state index in [4.69, 9.17) is 0 Å². The number of imide groups is 1. The van der Waals surface area contributed by atoms with Gasteiger partial charge in [0, 0.05) is 5.69 Å². The molecule has 4 rings (SSSR count). The van der Waals surface area contributed by atoms with Crippen LogP contribution in [0, 0.1) is 6.92 Å². The molecule has 0 bridgehead atoms. The average Bonchev–Trinajstić information content (AvgIpc) is 2.80. The van der Waals surface area contributed by atoms with Crippen molar-refractivity contribution in [3.05, 3.63) is 94.8 Å². The Labute approximate surface area is 188 Å². The highest BCUT2D eigenvalue weighted by molar-refractivity contribution is 7.99. The summed E-state index contributed by atoms with van der Waals surface area (Å²) in [6.07, 6.45) is 0. The molecule has 3 amide bonds. The first-order valence-electron chi connectivity index (χ1n) is 9.89. The number of urea groups is 1. The topological polar surface area (TPSA) is 93.1 Å². The van der Waals surface area contributed by atoms with E-state index in [0.29, 0.717) is 27.4 Å². The van der Waals surface area contributed by atoms with Gasteiger partial charge < -0.3 is 5.32 Å². The van der Waals surface area contributed by atoms with Gasteiger partial charge in [-0.05, 0) is 42.8 Å². The second-order valence-electron chi connectivity index (χ2n) is 6.99. The van der Waals surface area contributed by atoms with E-state index in [0.717, 1.165) is 17.3 Å². The predicted molar refractivity (Wildman–Crippen MR) is 126 cm³/mol. The Morgan fingerprint density at radius 3 is 2.41 bits per heavy atom. The van der Waals surface area contributed by atoms with Crippen molar-refractivity contribution in [1.82, 2.24) is 14.9 Å². The van der Waals surface area contributed by atoms with Crippen LogP contribution in [0.3, 0.4) is 0 Å². The molecular weight excluding hydrogens is 424 g/mol. The zero-order valence-corrected chi connectivity index (χ0v) is 18.1. The number of rotatable bonds is 5. The minimum absolute atomic E-state index is 0.0845. The maximum atomic E-state index is 13.2. The summed E-state index contributed by atoms with van der Waals surface area (Å²) < 4.78 is 1.48. The Morgan fingerprint density at radius 2 is 1.62 bits per heavy atom. The predicted octanol–water partition coefficient (Wildman–Crippen LogP) is 4.13. The smallest absolute Gasteiger partial charge is 0.307 e. The van der Waals surface area contributed by atoms with Crippen molar-refractivity contribution in [2.24, 2.45) is 0 Å². The number of aryl methyl sites for hydroxylation is 1. The van der Waals surface area contributed by atoms with Crippen molar-refractivity contribution in [2.45, 2.75) is 12.1 Å². The fraction of sp³-hybridized carbons (Fsp3) is 0.0833. The number of nitrogens with zero attached hydrogens (tertiary/aromatic N) is 2. The average molecular weight is 445 g/mol. The largest absolute Gasteiger partial charge is 0.325 e. The van der Waals surface area contributed by atoms with Gasteiger partial charge in [0.2, 0.25) is 5.91 Å². The Hall–Kier alpha value is -3.91. The van der Waals surface area contributed by atoms with Crippen LogP contribution in [0.2, 0.25) is 0 Å². The number of benzene rings is 3. The number of carbonyl (C=O) groups excluding carboxylic acids is 2. The molecule has 0 spiro atoms. The molecule has 32 heavy (non-hydrogen) atoms. The normalized spacial score (nSPS) is 10.7. The standard InChI is InChI=1S/C24H20N4O3S/c1-16-9-5-7-13-19(16)25-23(31)27-21(29)15-32-24-26-20-14-8-6-12-18(20)22(30)28(24)17-10-3-2-4-11-17/h2-14H,15H2,1H3,(H2,25,27,29,31). The van der Waals surface area contributed by atoms with Gasteiger partial charge in [-0.2, -0.15) is 0 Å². The van der Waals surface area contributed by atoms with Crippen LogP contribution in [0.5, 0.6) is 0 Å². The number of thioether (sulfide) groups is 1. The van der Waals surface area contributed by atoms with Crippen molar-refractivity contribution in [2.75, 3.05) is 11.1 Å².